The third kappa shape index (κ3) is 15.0. The van der Waals surface area contributed by atoms with Crippen molar-refractivity contribution in [1.29, 1.82) is 0 Å². The lowest BCUT2D eigenvalue weighted by molar-refractivity contribution is -0.137. The number of benzene rings is 2. The van der Waals surface area contributed by atoms with E-state index in [0.29, 0.717) is 44.9 Å². The maximum atomic E-state index is 12.7. The Hall–Kier alpha value is -3.49. The van der Waals surface area contributed by atoms with E-state index >= 15 is 0 Å². The van der Waals surface area contributed by atoms with Crippen molar-refractivity contribution in [3.05, 3.63) is 88.5 Å². The molecule has 0 aliphatic carbocycles. The summed E-state index contributed by atoms with van der Waals surface area (Å²) in [6, 6.07) is 13.8. The van der Waals surface area contributed by atoms with Crippen LogP contribution in [0.15, 0.2) is 71.8 Å². The number of phenolic OH excluding ortho intramolecular Hbond substituents is 1. The number of aliphatic hydroxyl groups excluding tert-OH is 4. The van der Waals surface area contributed by atoms with Crippen molar-refractivity contribution in [3.8, 4) is 17.6 Å². The molecule has 8 N–H and O–H groups in total. The lowest BCUT2D eigenvalue weighted by Crippen LogP contribution is -2.56. The van der Waals surface area contributed by atoms with E-state index in [2.05, 4.69) is 30.1 Å². The van der Waals surface area contributed by atoms with E-state index in [1.807, 2.05) is 30.4 Å². The summed E-state index contributed by atoms with van der Waals surface area (Å²) >= 11 is 0. The molecule has 3 rings (SSSR count). The van der Waals surface area contributed by atoms with Crippen LogP contribution >= 0.6 is 0 Å². The number of carboxylic acids is 1. The number of phenols is 1. The van der Waals surface area contributed by atoms with Crippen molar-refractivity contribution in [3.63, 3.8) is 0 Å². The van der Waals surface area contributed by atoms with Gasteiger partial charge in [-0.1, -0.05) is 99.8 Å². The summed E-state index contributed by atoms with van der Waals surface area (Å²) < 4.78 is 0. The molecule has 1 aliphatic heterocycles. The molecular formula is C45H65NO8. The first kappa shape index (κ1) is 44.9. The fraction of sp³-hybridized carbons (Fsp3) is 0.578. The minimum absolute atomic E-state index is 0.0459. The first-order chi connectivity index (χ1) is 26.0. The van der Waals surface area contributed by atoms with E-state index in [1.165, 1.54) is 0 Å². The minimum atomic E-state index is -1.41. The topological polar surface area (TPSA) is 171 Å². The van der Waals surface area contributed by atoms with E-state index in [9.17, 15) is 35.4 Å². The lowest BCUT2D eigenvalue weighted by atomic mass is 9.74. The highest BCUT2D eigenvalue weighted by atomic mass is 16.4. The van der Waals surface area contributed by atoms with Crippen molar-refractivity contribution >= 4 is 5.97 Å². The highest BCUT2D eigenvalue weighted by Crippen LogP contribution is 2.38. The summed E-state index contributed by atoms with van der Waals surface area (Å²) in [6.07, 6.45) is 12.0. The second-order valence-corrected chi connectivity index (χ2v) is 15.0. The van der Waals surface area contributed by atoms with Gasteiger partial charge in [0.05, 0.1) is 24.4 Å². The van der Waals surface area contributed by atoms with Gasteiger partial charge in [0.1, 0.15) is 5.75 Å². The summed E-state index contributed by atoms with van der Waals surface area (Å²) in [5, 5.41) is 77.8. The van der Waals surface area contributed by atoms with Crippen LogP contribution in [0.25, 0.3) is 0 Å². The Kier molecular flexibility index (Phi) is 20.1. The Morgan fingerprint density at radius 1 is 0.963 bits per heavy atom. The quantitative estimate of drug-likeness (QED) is 0.0484. The third-order valence-corrected chi connectivity index (χ3v) is 10.7. The van der Waals surface area contributed by atoms with Crippen LogP contribution in [0, 0.1) is 11.8 Å². The molecule has 0 aromatic heterocycles. The van der Waals surface area contributed by atoms with E-state index in [4.69, 9.17) is 5.11 Å². The zero-order chi connectivity index (χ0) is 39.3. The molecule has 1 heterocycles. The number of carboxylic acid groups (broad SMARTS) is 1. The van der Waals surface area contributed by atoms with Crippen LogP contribution in [0.4, 0.5) is 0 Å². The smallest absolute Gasteiger partial charge is 0.303 e. The number of fused-ring (bicyclic) bond motifs is 1. The number of nitrogens with one attached hydrogen (secondary N) is 1. The minimum Gasteiger partial charge on any atom is -0.508 e. The maximum absolute atomic E-state index is 12.7. The number of allylic oxidation sites excluding steroid dienone is 2. The molecule has 0 amide bonds. The van der Waals surface area contributed by atoms with Gasteiger partial charge in [-0.05, 0) is 98.8 Å². The molecule has 298 valence electrons. The normalized spacial score (nSPS) is 20.8. The summed E-state index contributed by atoms with van der Waals surface area (Å²) in [6.45, 7) is 3.45. The van der Waals surface area contributed by atoms with Gasteiger partial charge in [0, 0.05) is 43.0 Å². The average Bonchev–Trinajstić information content (AvgIpc) is 3.15. The zero-order valence-electron chi connectivity index (χ0n) is 32.4. The van der Waals surface area contributed by atoms with Crippen molar-refractivity contribution in [2.24, 2.45) is 0 Å². The Labute approximate surface area is 322 Å². The number of unbranched alkanes of at least 4 members (excludes halogenated alkanes) is 5. The molecule has 0 saturated heterocycles. The van der Waals surface area contributed by atoms with Gasteiger partial charge in [0.2, 0.25) is 0 Å². The van der Waals surface area contributed by atoms with Crippen molar-refractivity contribution in [2.45, 2.75) is 152 Å². The first-order valence-electron chi connectivity index (χ1n) is 20.0. The fourth-order valence-electron chi connectivity index (χ4n) is 7.53. The molecule has 2 aromatic rings. The van der Waals surface area contributed by atoms with E-state index < -0.39 is 42.3 Å². The monoisotopic (exact) mass is 747 g/mol. The molecule has 6 atom stereocenters. The largest absolute Gasteiger partial charge is 0.508 e. The first-order valence-corrected chi connectivity index (χ1v) is 20.0. The van der Waals surface area contributed by atoms with Crippen LogP contribution in [0.2, 0.25) is 0 Å². The van der Waals surface area contributed by atoms with Gasteiger partial charge in [-0.2, -0.15) is 0 Å². The standard InChI is InChI=1S/C45H65NO8/c1-3-4-7-17-37(49)27-24-35-23-22-34-15-11-10-14-33(34)16-12-20-43(45(2,54)41(18-13-30-47)36-25-28-38(50)29-26-36)46-42(40(35)31-39(51)32-48)19-8-5-6-9-21-44(52)53/h10-11,14-15,24-29,37,39,41-43,46-51,54H,3-9,13,17-23,30-32H2,1-2H3,(H,52,53)/b27-24+,40-35+/t37-,39-,41+,42-,43+,45-/m0/s1. The van der Waals surface area contributed by atoms with Crippen molar-refractivity contribution < 1.29 is 40.5 Å². The molecule has 0 bridgehead atoms. The number of hydrogen-bond acceptors (Lipinski definition) is 8. The molecule has 0 saturated carbocycles. The van der Waals surface area contributed by atoms with Gasteiger partial charge in [-0.25, -0.2) is 0 Å². The highest BCUT2D eigenvalue weighted by molar-refractivity contribution is 5.66. The fourth-order valence-corrected chi connectivity index (χ4v) is 7.53. The van der Waals surface area contributed by atoms with Crippen molar-refractivity contribution in [2.75, 3.05) is 13.2 Å². The molecule has 1 aliphatic rings. The summed E-state index contributed by atoms with van der Waals surface area (Å²) in [7, 11) is 0. The zero-order valence-corrected chi connectivity index (χ0v) is 32.4. The molecule has 9 heteroatoms. The third-order valence-electron chi connectivity index (χ3n) is 10.7. The number of aliphatic carboxylic acids is 1. The van der Waals surface area contributed by atoms with Gasteiger partial charge >= 0.3 is 5.97 Å². The summed E-state index contributed by atoms with van der Waals surface area (Å²) in [4.78, 5) is 11.2. The van der Waals surface area contributed by atoms with Crippen LogP contribution < -0.4 is 5.32 Å². The van der Waals surface area contributed by atoms with Crippen LogP contribution in [0.3, 0.4) is 0 Å². The maximum Gasteiger partial charge on any atom is 0.303 e. The molecular weight excluding hydrogens is 682 g/mol. The van der Waals surface area contributed by atoms with Gasteiger partial charge in [0.25, 0.3) is 0 Å². The molecule has 54 heavy (non-hydrogen) atoms. The predicted octanol–water partition coefficient (Wildman–Crippen LogP) is 6.68. The predicted molar refractivity (Wildman–Crippen MR) is 214 cm³/mol. The second-order valence-electron chi connectivity index (χ2n) is 15.0. The lowest BCUT2D eigenvalue weighted by Gasteiger charge is -2.42. The van der Waals surface area contributed by atoms with Gasteiger partial charge in [0.15, 0.2) is 0 Å². The molecule has 0 fully saturated rings. The van der Waals surface area contributed by atoms with Crippen molar-refractivity contribution in [1.82, 2.24) is 5.32 Å². The van der Waals surface area contributed by atoms with E-state index in [-0.39, 0.29) is 37.7 Å². The Morgan fingerprint density at radius 3 is 2.41 bits per heavy atom. The van der Waals surface area contributed by atoms with Gasteiger partial charge in [-0.15, -0.1) is 0 Å². The highest BCUT2D eigenvalue weighted by Gasteiger charge is 2.41. The average molecular weight is 748 g/mol. The molecule has 9 nitrogen and oxygen atoms in total. The van der Waals surface area contributed by atoms with Crippen LogP contribution in [0.5, 0.6) is 5.75 Å². The van der Waals surface area contributed by atoms with E-state index in [1.54, 1.807) is 31.2 Å². The summed E-state index contributed by atoms with van der Waals surface area (Å²) in [5.41, 5.74) is 3.21. The van der Waals surface area contributed by atoms with E-state index in [0.717, 1.165) is 66.4 Å². The second kappa shape index (κ2) is 24.1. The summed E-state index contributed by atoms with van der Waals surface area (Å²) in [5.74, 6) is 5.62. The number of hydrogen-bond donors (Lipinski definition) is 8. The van der Waals surface area contributed by atoms with Gasteiger partial charge in [-0.3, -0.25) is 4.79 Å². The molecule has 0 radical (unpaired) electrons. The molecule has 0 unspecified atom stereocenters. The van der Waals surface area contributed by atoms with Gasteiger partial charge < -0.3 is 41.1 Å². The Bertz CT molecular complexity index is 1520. The number of rotatable bonds is 22. The number of aryl methyl sites for hydroxylation is 1. The number of aliphatic hydroxyl groups is 5. The van der Waals surface area contributed by atoms with Crippen LogP contribution in [-0.4, -0.2) is 84.8 Å². The van der Waals surface area contributed by atoms with Crippen LogP contribution in [0.1, 0.15) is 133 Å². The molecule has 0 spiro atoms. The SMILES string of the molecule is CCCCC[C@H](O)/C=C/C1=C(\C[C@H](O)CO)[C@H](CCCCCCC(=O)O)N[C@@H]([C@@](C)(O)[C@H](CCCO)c2ccc(O)cc2)CC#Cc2ccccc2CC1. The molecule has 2 aromatic carbocycles. The Morgan fingerprint density at radius 2 is 1.70 bits per heavy atom. The Balaban J connectivity index is 2.21. The van der Waals surface area contributed by atoms with Crippen LogP contribution in [-0.2, 0) is 11.2 Å². The number of carbonyl (C=O) groups is 1. The number of aromatic hydroxyl groups is 1.